The van der Waals surface area contributed by atoms with Gasteiger partial charge in [0.1, 0.15) is 0 Å². The fourth-order valence-electron chi connectivity index (χ4n) is 1.12. The Bertz CT molecular complexity index is 403. The lowest BCUT2D eigenvalue weighted by Gasteiger charge is -1.95. The number of nitrogens with zero attached hydrogens (tertiary/aromatic N) is 2. The van der Waals surface area contributed by atoms with Crippen molar-refractivity contribution < 1.29 is 0 Å². The summed E-state index contributed by atoms with van der Waals surface area (Å²) in [6.07, 6.45) is 1.86. The lowest BCUT2D eigenvalue weighted by Crippen LogP contribution is -1.82. The molecule has 2 rings (SSSR count). The molecule has 13 heavy (non-hydrogen) atoms. The predicted molar refractivity (Wildman–Crippen MR) is 54.8 cm³/mol. The first-order valence-corrected chi connectivity index (χ1v) is 4.99. The molecular formula is C10H10N2S. The number of hydrogen-bond donors (Lipinski definition) is 0. The van der Waals surface area contributed by atoms with Crippen LogP contribution in [-0.4, -0.2) is 9.97 Å². The third-order valence-corrected chi connectivity index (χ3v) is 2.60. The average Bonchev–Trinajstić information content (AvgIpc) is 2.53. The molecule has 0 atom stereocenters. The van der Waals surface area contributed by atoms with Gasteiger partial charge in [0.05, 0.1) is 10.7 Å². The second kappa shape index (κ2) is 3.26. The predicted octanol–water partition coefficient (Wildman–Crippen LogP) is 2.82. The number of rotatable bonds is 1. The lowest BCUT2D eigenvalue weighted by molar-refractivity contribution is 1.19. The van der Waals surface area contributed by atoms with Crippen molar-refractivity contribution in [1.82, 2.24) is 9.97 Å². The molecule has 0 aliphatic rings. The highest BCUT2D eigenvalue weighted by Gasteiger charge is 2.00. The van der Waals surface area contributed by atoms with E-state index in [0.29, 0.717) is 0 Å². The van der Waals surface area contributed by atoms with Crippen LogP contribution >= 0.6 is 11.3 Å². The van der Waals surface area contributed by atoms with Crippen molar-refractivity contribution >= 4 is 11.3 Å². The summed E-state index contributed by atoms with van der Waals surface area (Å²) in [4.78, 5) is 8.62. The van der Waals surface area contributed by atoms with Crippen LogP contribution in [-0.2, 0) is 0 Å². The molecule has 0 aromatic carbocycles. The van der Waals surface area contributed by atoms with Gasteiger partial charge in [0.25, 0.3) is 0 Å². The van der Waals surface area contributed by atoms with E-state index < -0.39 is 0 Å². The summed E-state index contributed by atoms with van der Waals surface area (Å²) in [7, 11) is 0. The van der Waals surface area contributed by atoms with Gasteiger partial charge >= 0.3 is 0 Å². The standard InChI is InChI=1S/C10H10N2S/c1-7-3-4-9(5-11-7)10-6-13-8(2)12-10/h3-6H,1-2H3. The van der Waals surface area contributed by atoms with Crippen molar-refractivity contribution in [2.75, 3.05) is 0 Å². The molecule has 0 aliphatic carbocycles. The highest BCUT2D eigenvalue weighted by atomic mass is 32.1. The number of pyridine rings is 1. The summed E-state index contributed by atoms with van der Waals surface area (Å²) >= 11 is 1.66. The molecule has 0 bridgehead atoms. The number of thiazole rings is 1. The monoisotopic (exact) mass is 190 g/mol. The molecule has 3 heteroatoms. The highest BCUT2D eigenvalue weighted by molar-refractivity contribution is 7.09. The summed E-state index contributed by atoms with van der Waals surface area (Å²) in [5, 5.41) is 3.15. The van der Waals surface area contributed by atoms with E-state index >= 15 is 0 Å². The smallest absolute Gasteiger partial charge is 0.0901 e. The fourth-order valence-corrected chi connectivity index (χ4v) is 1.74. The topological polar surface area (TPSA) is 25.8 Å². The zero-order valence-electron chi connectivity index (χ0n) is 7.61. The second-order valence-corrected chi connectivity index (χ2v) is 4.00. The second-order valence-electron chi connectivity index (χ2n) is 2.94. The van der Waals surface area contributed by atoms with Crippen LogP contribution in [0, 0.1) is 13.8 Å². The fraction of sp³-hybridized carbons (Fsp3) is 0.200. The number of hydrogen-bond acceptors (Lipinski definition) is 3. The Labute approximate surface area is 81.3 Å². The molecule has 0 unspecified atom stereocenters. The Morgan fingerprint density at radius 2 is 2.08 bits per heavy atom. The van der Waals surface area contributed by atoms with Crippen molar-refractivity contribution in [3.8, 4) is 11.3 Å². The first-order valence-electron chi connectivity index (χ1n) is 4.11. The Morgan fingerprint density at radius 3 is 2.62 bits per heavy atom. The first-order chi connectivity index (χ1) is 6.25. The quantitative estimate of drug-likeness (QED) is 0.691. The molecule has 0 fully saturated rings. The van der Waals surface area contributed by atoms with Crippen LogP contribution in [0.5, 0.6) is 0 Å². The SMILES string of the molecule is Cc1ccc(-c2csc(C)n2)cn1. The minimum absolute atomic E-state index is 1.02. The van der Waals surface area contributed by atoms with Gasteiger partial charge in [-0.15, -0.1) is 11.3 Å². The third kappa shape index (κ3) is 1.75. The van der Waals surface area contributed by atoms with Gasteiger partial charge in [0.15, 0.2) is 0 Å². The summed E-state index contributed by atoms with van der Waals surface area (Å²) in [6.45, 7) is 3.99. The largest absolute Gasteiger partial charge is 0.261 e. The van der Waals surface area contributed by atoms with Gasteiger partial charge in [-0.3, -0.25) is 4.98 Å². The van der Waals surface area contributed by atoms with Gasteiger partial charge in [-0.25, -0.2) is 4.98 Å². The van der Waals surface area contributed by atoms with E-state index in [9.17, 15) is 0 Å². The normalized spacial score (nSPS) is 10.3. The van der Waals surface area contributed by atoms with Gasteiger partial charge in [0, 0.05) is 22.8 Å². The van der Waals surface area contributed by atoms with Gasteiger partial charge in [-0.05, 0) is 26.0 Å². The molecular weight excluding hydrogens is 180 g/mol. The first kappa shape index (κ1) is 8.38. The van der Waals surface area contributed by atoms with Crippen molar-refractivity contribution in [2.45, 2.75) is 13.8 Å². The molecule has 2 nitrogen and oxygen atoms in total. The molecule has 66 valence electrons. The van der Waals surface area contributed by atoms with E-state index in [-0.39, 0.29) is 0 Å². The highest BCUT2D eigenvalue weighted by Crippen LogP contribution is 2.20. The van der Waals surface area contributed by atoms with Crippen molar-refractivity contribution in [3.63, 3.8) is 0 Å². The zero-order chi connectivity index (χ0) is 9.26. The molecule has 0 spiro atoms. The van der Waals surface area contributed by atoms with Crippen LogP contribution in [0.4, 0.5) is 0 Å². The van der Waals surface area contributed by atoms with E-state index in [1.165, 1.54) is 0 Å². The summed E-state index contributed by atoms with van der Waals surface area (Å²) in [6, 6.07) is 4.06. The Kier molecular flexibility index (Phi) is 2.10. The van der Waals surface area contributed by atoms with Gasteiger partial charge < -0.3 is 0 Å². The van der Waals surface area contributed by atoms with Crippen LogP contribution in [0.15, 0.2) is 23.7 Å². The zero-order valence-corrected chi connectivity index (χ0v) is 8.43. The minimum atomic E-state index is 1.02. The summed E-state index contributed by atoms with van der Waals surface area (Å²) < 4.78 is 0. The van der Waals surface area contributed by atoms with Crippen molar-refractivity contribution in [2.24, 2.45) is 0 Å². The van der Waals surface area contributed by atoms with Gasteiger partial charge in [0.2, 0.25) is 0 Å². The summed E-state index contributed by atoms with van der Waals surface area (Å²) in [5.74, 6) is 0. The maximum Gasteiger partial charge on any atom is 0.0901 e. The molecule has 0 N–H and O–H groups in total. The minimum Gasteiger partial charge on any atom is -0.261 e. The molecule has 2 heterocycles. The number of aromatic nitrogens is 2. The van der Waals surface area contributed by atoms with E-state index in [1.54, 1.807) is 11.3 Å². The van der Waals surface area contributed by atoms with E-state index in [1.807, 2.05) is 26.1 Å². The maximum atomic E-state index is 4.39. The van der Waals surface area contributed by atoms with Crippen molar-refractivity contribution in [1.29, 1.82) is 0 Å². The summed E-state index contributed by atoms with van der Waals surface area (Å²) in [5.41, 5.74) is 3.15. The van der Waals surface area contributed by atoms with E-state index in [2.05, 4.69) is 21.4 Å². The van der Waals surface area contributed by atoms with Gasteiger partial charge in [-0.1, -0.05) is 0 Å². The molecule has 0 amide bonds. The van der Waals surface area contributed by atoms with Crippen LogP contribution in [0.1, 0.15) is 10.7 Å². The average molecular weight is 190 g/mol. The molecule has 0 radical (unpaired) electrons. The third-order valence-electron chi connectivity index (χ3n) is 1.83. The Morgan fingerprint density at radius 1 is 1.23 bits per heavy atom. The van der Waals surface area contributed by atoms with Crippen LogP contribution in [0.25, 0.3) is 11.3 Å². The molecule has 2 aromatic rings. The van der Waals surface area contributed by atoms with Crippen molar-refractivity contribution in [3.05, 3.63) is 34.4 Å². The van der Waals surface area contributed by atoms with Crippen LogP contribution in [0.3, 0.4) is 0 Å². The molecule has 0 saturated heterocycles. The molecule has 0 saturated carbocycles. The van der Waals surface area contributed by atoms with E-state index in [0.717, 1.165) is 22.0 Å². The Balaban J connectivity index is 2.41. The van der Waals surface area contributed by atoms with Crippen LogP contribution in [0.2, 0.25) is 0 Å². The maximum absolute atomic E-state index is 4.39. The van der Waals surface area contributed by atoms with E-state index in [4.69, 9.17) is 0 Å². The molecule has 2 aromatic heterocycles. The Hall–Kier alpha value is -1.22. The number of aryl methyl sites for hydroxylation is 2. The lowest BCUT2D eigenvalue weighted by atomic mass is 10.2. The van der Waals surface area contributed by atoms with Crippen LogP contribution < -0.4 is 0 Å². The molecule has 0 aliphatic heterocycles. The van der Waals surface area contributed by atoms with Gasteiger partial charge in [-0.2, -0.15) is 0 Å².